The summed E-state index contributed by atoms with van der Waals surface area (Å²) in [5, 5.41) is 0. The third-order valence-electron chi connectivity index (χ3n) is 3.61. The Morgan fingerprint density at radius 1 is 1.26 bits per heavy atom. The van der Waals surface area contributed by atoms with Crippen LogP contribution in [0.4, 0.5) is 0 Å². The average molecular weight is 266 g/mol. The van der Waals surface area contributed by atoms with Gasteiger partial charge in [0.05, 0.1) is 12.7 Å². The Bertz CT molecular complexity index is 301. The minimum absolute atomic E-state index is 0.289. The Morgan fingerprint density at radius 3 is 2.63 bits per heavy atom. The van der Waals surface area contributed by atoms with E-state index in [1.54, 1.807) is 20.1 Å². The number of carbonyl (C=O) groups is 1. The van der Waals surface area contributed by atoms with E-state index < -0.39 is 0 Å². The highest BCUT2D eigenvalue weighted by Crippen LogP contribution is 2.29. The Balaban J connectivity index is 2.29. The van der Waals surface area contributed by atoms with Crippen LogP contribution in [0, 0.1) is 5.92 Å². The second kappa shape index (κ2) is 9.79. The van der Waals surface area contributed by atoms with Gasteiger partial charge in [0, 0.05) is 13.2 Å². The zero-order valence-electron chi connectivity index (χ0n) is 12.1. The number of rotatable bonds is 7. The maximum absolute atomic E-state index is 11.1. The van der Waals surface area contributed by atoms with E-state index in [0.29, 0.717) is 18.6 Å². The molecular weight excluding hydrogens is 240 g/mol. The van der Waals surface area contributed by atoms with Gasteiger partial charge in [-0.2, -0.15) is 0 Å². The SMILES string of the molecule is CCOC(=O)/C=C/C=C/CC(OC)C1CCCCC1. The third-order valence-corrected chi connectivity index (χ3v) is 3.61. The van der Waals surface area contributed by atoms with Crippen LogP contribution >= 0.6 is 0 Å². The molecule has 0 saturated heterocycles. The second-order valence-corrected chi connectivity index (χ2v) is 4.95. The van der Waals surface area contributed by atoms with Crippen molar-refractivity contribution >= 4 is 5.97 Å². The molecule has 1 aliphatic carbocycles. The minimum Gasteiger partial charge on any atom is -0.463 e. The first-order chi connectivity index (χ1) is 9.27. The van der Waals surface area contributed by atoms with Gasteiger partial charge in [0.25, 0.3) is 0 Å². The summed E-state index contributed by atoms with van der Waals surface area (Å²) in [6.45, 7) is 2.22. The van der Waals surface area contributed by atoms with E-state index in [4.69, 9.17) is 9.47 Å². The summed E-state index contributed by atoms with van der Waals surface area (Å²) in [6, 6.07) is 0. The van der Waals surface area contributed by atoms with E-state index in [1.807, 2.05) is 6.08 Å². The van der Waals surface area contributed by atoms with Gasteiger partial charge in [-0.25, -0.2) is 4.79 Å². The molecule has 3 nitrogen and oxygen atoms in total. The van der Waals surface area contributed by atoms with Crippen molar-refractivity contribution in [2.24, 2.45) is 5.92 Å². The van der Waals surface area contributed by atoms with E-state index in [9.17, 15) is 4.79 Å². The summed E-state index contributed by atoms with van der Waals surface area (Å²) in [5.41, 5.74) is 0. The van der Waals surface area contributed by atoms with Crippen LogP contribution in [-0.2, 0) is 14.3 Å². The highest BCUT2D eigenvalue weighted by molar-refractivity contribution is 5.82. The fourth-order valence-corrected chi connectivity index (χ4v) is 2.60. The van der Waals surface area contributed by atoms with Gasteiger partial charge >= 0.3 is 5.97 Å². The van der Waals surface area contributed by atoms with Crippen LogP contribution < -0.4 is 0 Å². The molecule has 0 radical (unpaired) electrons. The fourth-order valence-electron chi connectivity index (χ4n) is 2.60. The van der Waals surface area contributed by atoms with Gasteiger partial charge in [-0.1, -0.05) is 37.5 Å². The van der Waals surface area contributed by atoms with Crippen molar-refractivity contribution in [1.82, 2.24) is 0 Å². The zero-order valence-corrected chi connectivity index (χ0v) is 12.1. The van der Waals surface area contributed by atoms with Crippen molar-refractivity contribution < 1.29 is 14.3 Å². The zero-order chi connectivity index (χ0) is 13.9. The number of hydrogen-bond donors (Lipinski definition) is 0. The van der Waals surface area contributed by atoms with E-state index in [2.05, 4.69) is 6.08 Å². The van der Waals surface area contributed by atoms with Gasteiger partial charge in [-0.05, 0) is 32.1 Å². The van der Waals surface area contributed by atoms with Gasteiger partial charge in [-0.3, -0.25) is 0 Å². The lowest BCUT2D eigenvalue weighted by Gasteiger charge is -2.28. The monoisotopic (exact) mass is 266 g/mol. The van der Waals surface area contributed by atoms with Crippen molar-refractivity contribution in [3.05, 3.63) is 24.3 Å². The van der Waals surface area contributed by atoms with Crippen LogP contribution in [-0.4, -0.2) is 25.8 Å². The van der Waals surface area contributed by atoms with Gasteiger partial charge in [0.2, 0.25) is 0 Å². The first kappa shape index (κ1) is 16.0. The van der Waals surface area contributed by atoms with Crippen LogP contribution in [0.15, 0.2) is 24.3 Å². The molecule has 0 heterocycles. The molecule has 1 saturated carbocycles. The molecule has 0 spiro atoms. The summed E-state index contributed by atoms with van der Waals surface area (Å²) in [4.78, 5) is 11.1. The smallest absolute Gasteiger partial charge is 0.330 e. The molecule has 0 aromatic heterocycles. The highest BCUT2D eigenvalue weighted by atomic mass is 16.5. The van der Waals surface area contributed by atoms with Gasteiger partial charge < -0.3 is 9.47 Å². The van der Waals surface area contributed by atoms with E-state index in [-0.39, 0.29) is 5.97 Å². The number of methoxy groups -OCH3 is 1. The predicted octanol–water partition coefficient (Wildman–Crippen LogP) is 3.65. The topological polar surface area (TPSA) is 35.5 Å². The minimum atomic E-state index is -0.289. The molecular formula is C16H26O3. The van der Waals surface area contributed by atoms with Crippen molar-refractivity contribution in [3.8, 4) is 0 Å². The number of esters is 1. The molecule has 0 aliphatic heterocycles. The Labute approximate surface area is 116 Å². The fraction of sp³-hybridized carbons (Fsp3) is 0.688. The summed E-state index contributed by atoms with van der Waals surface area (Å²) in [6.07, 6.45) is 15.0. The summed E-state index contributed by atoms with van der Waals surface area (Å²) in [5.74, 6) is 0.403. The Morgan fingerprint density at radius 2 is 2.00 bits per heavy atom. The molecule has 1 rings (SSSR count). The first-order valence-electron chi connectivity index (χ1n) is 7.30. The standard InChI is InChI=1S/C16H26O3/c1-3-19-16(17)13-9-5-8-12-15(18-2)14-10-6-4-7-11-14/h5,8-9,13-15H,3-4,6-7,10-12H2,1-2H3/b8-5+,13-9+. The molecule has 0 aromatic rings. The maximum atomic E-state index is 11.1. The lowest BCUT2D eigenvalue weighted by atomic mass is 9.84. The van der Waals surface area contributed by atoms with Crippen molar-refractivity contribution in [3.63, 3.8) is 0 Å². The normalized spacial score (nSPS) is 19.1. The van der Waals surface area contributed by atoms with Crippen molar-refractivity contribution in [1.29, 1.82) is 0 Å². The maximum Gasteiger partial charge on any atom is 0.330 e. The quantitative estimate of drug-likeness (QED) is 0.401. The molecule has 1 aliphatic rings. The summed E-state index contributed by atoms with van der Waals surface area (Å²) in [7, 11) is 1.79. The molecule has 108 valence electrons. The number of carbonyl (C=O) groups excluding carboxylic acids is 1. The lowest BCUT2D eigenvalue weighted by Crippen LogP contribution is -2.24. The Kier molecular flexibility index (Phi) is 8.23. The van der Waals surface area contributed by atoms with Gasteiger partial charge in [0.15, 0.2) is 0 Å². The van der Waals surface area contributed by atoms with Crippen LogP contribution in [0.3, 0.4) is 0 Å². The van der Waals surface area contributed by atoms with Crippen LogP contribution in [0.2, 0.25) is 0 Å². The lowest BCUT2D eigenvalue weighted by molar-refractivity contribution is -0.137. The molecule has 0 bridgehead atoms. The highest BCUT2D eigenvalue weighted by Gasteiger charge is 2.22. The number of hydrogen-bond acceptors (Lipinski definition) is 3. The average Bonchev–Trinajstić information content (AvgIpc) is 2.44. The van der Waals surface area contributed by atoms with Crippen LogP contribution in [0.5, 0.6) is 0 Å². The molecule has 19 heavy (non-hydrogen) atoms. The molecule has 3 heteroatoms. The summed E-state index contributed by atoms with van der Waals surface area (Å²) >= 11 is 0. The van der Waals surface area contributed by atoms with Gasteiger partial charge in [0.1, 0.15) is 0 Å². The van der Waals surface area contributed by atoms with E-state index in [1.165, 1.54) is 38.2 Å². The largest absolute Gasteiger partial charge is 0.463 e. The number of allylic oxidation sites excluding steroid dienone is 2. The third kappa shape index (κ3) is 6.58. The summed E-state index contributed by atoms with van der Waals surface area (Å²) < 4.78 is 10.4. The number of ether oxygens (including phenoxy) is 2. The van der Waals surface area contributed by atoms with Crippen LogP contribution in [0.1, 0.15) is 45.4 Å². The van der Waals surface area contributed by atoms with E-state index >= 15 is 0 Å². The molecule has 0 N–H and O–H groups in total. The molecule has 0 aromatic carbocycles. The molecule has 1 unspecified atom stereocenters. The van der Waals surface area contributed by atoms with Crippen molar-refractivity contribution in [2.75, 3.05) is 13.7 Å². The van der Waals surface area contributed by atoms with E-state index in [0.717, 1.165) is 6.42 Å². The molecule has 0 amide bonds. The van der Waals surface area contributed by atoms with Gasteiger partial charge in [-0.15, -0.1) is 0 Å². The Hall–Kier alpha value is -1.09. The first-order valence-corrected chi connectivity index (χ1v) is 7.30. The predicted molar refractivity (Wildman–Crippen MR) is 76.9 cm³/mol. The second-order valence-electron chi connectivity index (χ2n) is 4.95. The molecule has 1 atom stereocenters. The molecule has 1 fully saturated rings. The van der Waals surface area contributed by atoms with Crippen LogP contribution in [0.25, 0.3) is 0 Å². The van der Waals surface area contributed by atoms with Crippen molar-refractivity contribution in [2.45, 2.75) is 51.6 Å².